The van der Waals surface area contributed by atoms with Crippen molar-refractivity contribution in [3.8, 4) is 17.2 Å². The topological polar surface area (TPSA) is 27.7 Å². The average Bonchev–Trinajstić information content (AvgIpc) is 3.13. The van der Waals surface area contributed by atoms with E-state index in [0.717, 1.165) is 6.08 Å². The van der Waals surface area contributed by atoms with Gasteiger partial charge in [-0.25, -0.2) is 0 Å². The SMILES string of the molecule is C=CC(c1c(OB(Oc2cc(C(F)(F)F)cc(C(F)(F)F)c2)Oc2cc(C(F)(F)F)cc(C(F)(F)F)c2)cc(C(F)(F)F)cc1C(F)(F)F)[N+](CCCC)(CCCC)CCCC. The first kappa shape index (κ1) is 51.9. The molecule has 3 aromatic carbocycles. The van der Waals surface area contributed by atoms with E-state index in [1.165, 1.54) is 0 Å². The van der Waals surface area contributed by atoms with E-state index in [1.54, 1.807) is 20.8 Å². The van der Waals surface area contributed by atoms with Crippen LogP contribution in [0.15, 0.2) is 61.2 Å². The van der Waals surface area contributed by atoms with Crippen LogP contribution in [0.1, 0.15) is 104 Å². The zero-order chi connectivity index (χ0) is 47.3. The molecule has 0 spiro atoms. The van der Waals surface area contributed by atoms with Gasteiger partial charge in [0.25, 0.3) is 0 Å². The Morgan fingerprint density at radius 3 is 1.08 bits per heavy atom. The molecule has 0 aromatic heterocycles. The quantitative estimate of drug-likeness (QED) is 0.0551. The summed E-state index contributed by atoms with van der Waals surface area (Å²) in [7, 11) is -3.30. The summed E-state index contributed by atoms with van der Waals surface area (Å²) in [6, 6.07) is -3.48. The first-order valence-corrected chi connectivity index (χ1v) is 18.7. The molecule has 0 bridgehead atoms. The largest absolute Gasteiger partial charge is 0.864 e. The van der Waals surface area contributed by atoms with E-state index in [-0.39, 0.29) is 60.5 Å². The van der Waals surface area contributed by atoms with Crippen LogP contribution in [-0.2, 0) is 37.1 Å². The molecule has 0 heterocycles. The van der Waals surface area contributed by atoms with Gasteiger partial charge in [-0.2, -0.15) is 79.0 Å². The Kier molecular flexibility index (Phi) is 16.4. The third-order valence-electron chi connectivity index (χ3n) is 9.57. The third kappa shape index (κ3) is 13.5. The molecule has 0 aliphatic heterocycles. The van der Waals surface area contributed by atoms with Crippen molar-refractivity contribution >= 4 is 7.32 Å². The van der Waals surface area contributed by atoms with Crippen LogP contribution in [0.3, 0.4) is 0 Å². The highest BCUT2D eigenvalue weighted by Gasteiger charge is 2.48. The molecule has 0 amide bonds. The summed E-state index contributed by atoms with van der Waals surface area (Å²) in [5.41, 5.74) is -13.7. The lowest BCUT2D eigenvalue weighted by molar-refractivity contribution is -0.951. The molecule has 1 unspecified atom stereocenters. The minimum absolute atomic E-state index is 0.0461. The van der Waals surface area contributed by atoms with E-state index in [0.29, 0.717) is 38.5 Å². The second-order valence-corrected chi connectivity index (χ2v) is 14.2. The van der Waals surface area contributed by atoms with Gasteiger partial charge in [-0.15, -0.1) is 0 Å². The lowest BCUT2D eigenvalue weighted by Gasteiger charge is -2.45. The normalized spacial score (nSPS) is 13.8. The minimum Gasteiger partial charge on any atom is -0.490 e. The van der Waals surface area contributed by atoms with Crippen molar-refractivity contribution < 1.29 is 97.5 Å². The Bertz CT molecular complexity index is 1800. The van der Waals surface area contributed by atoms with Crippen molar-refractivity contribution in [3.63, 3.8) is 0 Å². The maximum Gasteiger partial charge on any atom is 0.864 e. The first-order chi connectivity index (χ1) is 28.3. The predicted molar refractivity (Wildman–Crippen MR) is 189 cm³/mol. The van der Waals surface area contributed by atoms with E-state index in [9.17, 15) is 65.9 Å². The van der Waals surface area contributed by atoms with Gasteiger partial charge in [0.1, 0.15) is 23.3 Å². The van der Waals surface area contributed by atoms with Crippen molar-refractivity contribution in [3.05, 3.63) is 100 Å². The summed E-state index contributed by atoms with van der Waals surface area (Å²) in [4.78, 5) is 0. The molecule has 0 fully saturated rings. The van der Waals surface area contributed by atoms with Crippen LogP contribution in [0.5, 0.6) is 17.2 Å². The molecule has 3 aromatic rings. The number of quaternary nitrogens is 1. The highest BCUT2D eigenvalue weighted by atomic mass is 19.4. The number of alkyl halides is 18. The molecule has 0 saturated heterocycles. The zero-order valence-electron chi connectivity index (χ0n) is 32.9. The Balaban J connectivity index is 2.56. The fourth-order valence-electron chi connectivity index (χ4n) is 6.60. The summed E-state index contributed by atoms with van der Waals surface area (Å²) >= 11 is 0. The van der Waals surface area contributed by atoms with E-state index in [4.69, 9.17) is 14.0 Å². The number of hydrogen-bond acceptors (Lipinski definition) is 3. The average molecular weight is 923 g/mol. The zero-order valence-corrected chi connectivity index (χ0v) is 32.9. The summed E-state index contributed by atoms with van der Waals surface area (Å²) in [5.74, 6) is -4.70. The minimum atomic E-state index is -5.69. The fourth-order valence-corrected chi connectivity index (χ4v) is 6.60. The number of nitrogens with zero attached hydrogens (tertiary/aromatic N) is 1. The Labute approximate surface area is 344 Å². The van der Waals surface area contributed by atoms with Gasteiger partial charge in [-0.3, -0.25) is 0 Å². The van der Waals surface area contributed by atoms with E-state index in [1.807, 2.05) is 0 Å². The van der Waals surface area contributed by atoms with Crippen molar-refractivity contribution in [2.24, 2.45) is 0 Å². The third-order valence-corrected chi connectivity index (χ3v) is 9.57. The van der Waals surface area contributed by atoms with Gasteiger partial charge in [0.15, 0.2) is 0 Å². The molecule has 0 aliphatic rings. The summed E-state index contributed by atoms with van der Waals surface area (Å²) in [5, 5.41) is 0. The molecule has 0 radical (unpaired) electrons. The Morgan fingerprint density at radius 1 is 0.484 bits per heavy atom. The van der Waals surface area contributed by atoms with E-state index >= 15 is 13.2 Å². The molecule has 3 rings (SSSR count). The van der Waals surface area contributed by atoms with Crippen LogP contribution in [0.2, 0.25) is 0 Å². The Hall–Kier alpha value is -4.44. The second-order valence-electron chi connectivity index (χ2n) is 14.2. The molecule has 4 nitrogen and oxygen atoms in total. The number of halogens is 18. The van der Waals surface area contributed by atoms with Crippen LogP contribution in [0, 0.1) is 0 Å². The van der Waals surface area contributed by atoms with Gasteiger partial charge in [-0.1, -0.05) is 46.6 Å². The molecular weight excluding hydrogens is 883 g/mol. The number of hydrogen-bond donors (Lipinski definition) is 0. The summed E-state index contributed by atoms with van der Waals surface area (Å²) in [6.45, 7) is 9.11. The molecule has 0 N–H and O–H groups in total. The van der Waals surface area contributed by atoms with Crippen molar-refractivity contribution in [1.82, 2.24) is 0 Å². The predicted octanol–water partition coefficient (Wildman–Crippen LogP) is 14.8. The van der Waals surface area contributed by atoms with Crippen molar-refractivity contribution in [1.29, 1.82) is 0 Å². The van der Waals surface area contributed by atoms with Gasteiger partial charge >= 0.3 is 44.4 Å². The monoisotopic (exact) mass is 922 g/mol. The fraction of sp³-hybridized carbons (Fsp3) is 0.487. The van der Waals surface area contributed by atoms with Crippen LogP contribution in [-0.4, -0.2) is 31.4 Å². The number of benzene rings is 3. The molecule has 23 heteroatoms. The summed E-state index contributed by atoms with van der Waals surface area (Å²) in [6.07, 6.45) is -30.4. The van der Waals surface area contributed by atoms with Crippen LogP contribution in [0.4, 0.5) is 79.0 Å². The Morgan fingerprint density at radius 2 is 0.806 bits per heavy atom. The lowest BCUT2D eigenvalue weighted by Crippen LogP contribution is -2.52. The van der Waals surface area contributed by atoms with Crippen LogP contribution >= 0.6 is 0 Å². The summed E-state index contributed by atoms with van der Waals surface area (Å²) < 4.78 is 270. The van der Waals surface area contributed by atoms with Gasteiger partial charge in [0.2, 0.25) is 0 Å². The standard InChI is InChI=1S/C39H39BF18NO3/c1-5-9-12-59(13-10-6-2,14-11-7-3)31(8-4)33-30(39(56,57)58)21-27(38(53,54)55)22-32(33)62-40(60-28-17-23(34(41,42)43)15-24(18-28)35(44,45)46)61-29-19-25(36(47,48)49)16-26(20-29)37(50,51)52/h8,15-22,31H,4-7,9-14H2,1-3H3/q+1. The maximum atomic E-state index is 15.1. The van der Waals surface area contributed by atoms with E-state index in [2.05, 4.69) is 6.58 Å². The highest BCUT2D eigenvalue weighted by Crippen LogP contribution is 2.48. The van der Waals surface area contributed by atoms with Gasteiger partial charge in [0.05, 0.1) is 58.6 Å². The molecule has 0 aliphatic carbocycles. The maximum absolute atomic E-state index is 15.1. The smallest absolute Gasteiger partial charge is 0.490 e. The lowest BCUT2D eigenvalue weighted by atomic mass is 9.91. The highest BCUT2D eigenvalue weighted by molar-refractivity contribution is 6.39. The van der Waals surface area contributed by atoms with Crippen LogP contribution < -0.4 is 14.0 Å². The molecular formula is C39H39BF18NO3+. The molecule has 346 valence electrons. The first-order valence-electron chi connectivity index (χ1n) is 18.7. The van der Waals surface area contributed by atoms with Crippen LogP contribution in [0.25, 0.3) is 0 Å². The molecule has 62 heavy (non-hydrogen) atoms. The van der Waals surface area contributed by atoms with E-state index < -0.39 is 119 Å². The second kappa shape index (κ2) is 19.5. The molecule has 0 saturated carbocycles. The van der Waals surface area contributed by atoms with Crippen molar-refractivity contribution in [2.75, 3.05) is 19.6 Å². The van der Waals surface area contributed by atoms with Crippen molar-refractivity contribution in [2.45, 2.75) is 102 Å². The van der Waals surface area contributed by atoms with Gasteiger partial charge in [0, 0.05) is 0 Å². The van der Waals surface area contributed by atoms with Gasteiger partial charge < -0.3 is 18.4 Å². The number of unbranched alkanes of at least 4 members (excludes halogenated alkanes) is 3. The van der Waals surface area contributed by atoms with Gasteiger partial charge in [-0.05, 0) is 73.9 Å². The number of rotatable bonds is 18. The molecule has 1 atom stereocenters.